The lowest BCUT2D eigenvalue weighted by Crippen LogP contribution is -2.27. The second-order valence-electron chi connectivity index (χ2n) is 4.87. The van der Waals surface area contributed by atoms with E-state index >= 15 is 0 Å². The lowest BCUT2D eigenvalue weighted by atomic mass is 10.1. The topological polar surface area (TPSA) is 36.4 Å². The Bertz CT molecular complexity index is 327. The molecule has 1 aromatic rings. The molecule has 1 atom stereocenters. The van der Waals surface area contributed by atoms with Crippen LogP contribution in [0.25, 0.3) is 0 Å². The van der Waals surface area contributed by atoms with Crippen LogP contribution in [0.3, 0.4) is 0 Å². The number of hydrogen-bond donors (Lipinski definition) is 1. The number of aromatic nitrogens is 1. The third kappa shape index (κ3) is 3.43. The molecule has 94 valence electrons. The van der Waals surface area contributed by atoms with Crippen molar-refractivity contribution >= 4 is 5.69 Å². The molecular weight excluding hydrogens is 212 g/mol. The predicted molar refractivity (Wildman–Crippen MR) is 70.2 cm³/mol. The van der Waals surface area contributed by atoms with Crippen LogP contribution in [-0.2, 0) is 0 Å². The monoisotopic (exact) mass is 234 g/mol. The van der Waals surface area contributed by atoms with E-state index < -0.39 is 6.10 Å². The lowest BCUT2D eigenvalue weighted by Gasteiger charge is -2.26. The highest BCUT2D eigenvalue weighted by atomic mass is 16.3. The Morgan fingerprint density at radius 1 is 1.12 bits per heavy atom. The first kappa shape index (κ1) is 12.4. The largest absolute Gasteiger partial charge is 0.387 e. The summed E-state index contributed by atoms with van der Waals surface area (Å²) in [6.45, 7) is 4.02. The molecule has 0 spiro atoms. The summed E-state index contributed by atoms with van der Waals surface area (Å²) >= 11 is 0. The molecule has 1 aliphatic heterocycles. The van der Waals surface area contributed by atoms with Crippen LogP contribution in [0, 0.1) is 0 Å². The zero-order valence-electron chi connectivity index (χ0n) is 10.6. The van der Waals surface area contributed by atoms with Crippen molar-refractivity contribution in [1.82, 2.24) is 4.98 Å². The maximum absolute atomic E-state index is 9.43. The molecule has 3 nitrogen and oxygen atoms in total. The number of aliphatic hydroxyl groups excluding tert-OH is 1. The van der Waals surface area contributed by atoms with Gasteiger partial charge < -0.3 is 10.0 Å². The third-order valence-corrected chi connectivity index (χ3v) is 3.42. The van der Waals surface area contributed by atoms with Gasteiger partial charge in [-0.1, -0.05) is 19.3 Å². The van der Waals surface area contributed by atoms with E-state index in [1.807, 2.05) is 12.3 Å². The van der Waals surface area contributed by atoms with E-state index in [2.05, 4.69) is 16.0 Å². The van der Waals surface area contributed by atoms with Crippen LogP contribution in [0.4, 0.5) is 5.69 Å². The van der Waals surface area contributed by atoms with Crippen LogP contribution >= 0.6 is 0 Å². The molecule has 3 heteroatoms. The molecule has 1 aromatic heterocycles. The molecule has 1 unspecified atom stereocenters. The number of hydrogen-bond acceptors (Lipinski definition) is 3. The van der Waals surface area contributed by atoms with Gasteiger partial charge in [0, 0.05) is 13.1 Å². The first-order valence-electron chi connectivity index (χ1n) is 6.66. The Balaban J connectivity index is 2.04. The van der Waals surface area contributed by atoms with Crippen molar-refractivity contribution in [2.75, 3.05) is 18.0 Å². The van der Waals surface area contributed by atoms with E-state index in [0.29, 0.717) is 0 Å². The van der Waals surface area contributed by atoms with Crippen LogP contribution < -0.4 is 4.90 Å². The van der Waals surface area contributed by atoms with Crippen molar-refractivity contribution in [3.05, 3.63) is 24.0 Å². The average molecular weight is 234 g/mol. The van der Waals surface area contributed by atoms with Crippen molar-refractivity contribution in [3.63, 3.8) is 0 Å². The zero-order valence-corrected chi connectivity index (χ0v) is 10.6. The Hall–Kier alpha value is -1.09. The second kappa shape index (κ2) is 6.01. The fourth-order valence-electron chi connectivity index (χ4n) is 2.34. The van der Waals surface area contributed by atoms with Gasteiger partial charge >= 0.3 is 0 Å². The van der Waals surface area contributed by atoms with Gasteiger partial charge in [0.2, 0.25) is 0 Å². The molecule has 1 saturated heterocycles. The molecule has 0 bridgehead atoms. The molecule has 1 N–H and O–H groups in total. The van der Waals surface area contributed by atoms with Gasteiger partial charge in [0.05, 0.1) is 23.7 Å². The van der Waals surface area contributed by atoms with Crippen LogP contribution in [0.5, 0.6) is 0 Å². The van der Waals surface area contributed by atoms with E-state index in [-0.39, 0.29) is 0 Å². The fraction of sp³-hybridized carbons (Fsp3) is 0.643. The quantitative estimate of drug-likeness (QED) is 0.854. The lowest BCUT2D eigenvalue weighted by molar-refractivity contribution is 0.194. The fourth-order valence-corrected chi connectivity index (χ4v) is 2.34. The summed E-state index contributed by atoms with van der Waals surface area (Å²) in [7, 11) is 0. The van der Waals surface area contributed by atoms with Crippen molar-refractivity contribution in [2.45, 2.75) is 45.1 Å². The van der Waals surface area contributed by atoms with Crippen LogP contribution in [0.2, 0.25) is 0 Å². The smallest absolute Gasteiger partial charge is 0.0931 e. The van der Waals surface area contributed by atoms with Crippen molar-refractivity contribution in [2.24, 2.45) is 0 Å². The summed E-state index contributed by atoms with van der Waals surface area (Å²) < 4.78 is 0. The molecule has 0 amide bonds. The highest BCUT2D eigenvalue weighted by Gasteiger charge is 2.10. The van der Waals surface area contributed by atoms with Gasteiger partial charge in [-0.15, -0.1) is 0 Å². The molecule has 0 aliphatic carbocycles. The molecule has 1 fully saturated rings. The molecule has 2 rings (SSSR count). The Morgan fingerprint density at radius 2 is 1.76 bits per heavy atom. The zero-order chi connectivity index (χ0) is 12.1. The summed E-state index contributed by atoms with van der Waals surface area (Å²) in [6, 6.07) is 4.01. The van der Waals surface area contributed by atoms with E-state index in [9.17, 15) is 5.11 Å². The van der Waals surface area contributed by atoms with Crippen LogP contribution in [-0.4, -0.2) is 23.2 Å². The highest BCUT2D eigenvalue weighted by molar-refractivity contribution is 5.44. The maximum atomic E-state index is 9.43. The predicted octanol–water partition coefficient (Wildman–Crippen LogP) is 2.91. The highest BCUT2D eigenvalue weighted by Crippen LogP contribution is 2.19. The number of rotatable bonds is 2. The summed E-state index contributed by atoms with van der Waals surface area (Å²) in [5.41, 5.74) is 1.94. The summed E-state index contributed by atoms with van der Waals surface area (Å²) in [5, 5.41) is 9.43. The number of nitrogens with zero attached hydrogens (tertiary/aromatic N) is 2. The molecule has 17 heavy (non-hydrogen) atoms. The summed E-state index contributed by atoms with van der Waals surface area (Å²) in [5.74, 6) is 0. The average Bonchev–Trinajstić information content (AvgIpc) is 2.29. The molecule has 0 radical (unpaired) electrons. The van der Waals surface area contributed by atoms with Crippen molar-refractivity contribution < 1.29 is 5.11 Å². The van der Waals surface area contributed by atoms with Crippen LogP contribution in [0.15, 0.2) is 18.3 Å². The molecular formula is C14H22N2O. The first-order valence-corrected chi connectivity index (χ1v) is 6.66. The normalized spacial score (nSPS) is 19.5. The SMILES string of the molecule is CC(O)c1ccc(N2CCCCCCC2)cn1. The van der Waals surface area contributed by atoms with E-state index in [4.69, 9.17) is 0 Å². The Kier molecular flexibility index (Phi) is 4.37. The molecule has 1 aliphatic rings. The maximum Gasteiger partial charge on any atom is 0.0931 e. The summed E-state index contributed by atoms with van der Waals surface area (Å²) in [4.78, 5) is 6.73. The van der Waals surface area contributed by atoms with E-state index in [1.54, 1.807) is 6.92 Å². The van der Waals surface area contributed by atoms with Gasteiger partial charge in [0.15, 0.2) is 0 Å². The standard InChI is InChI=1S/C14H22N2O/c1-12(17)14-8-7-13(11-15-14)16-9-5-3-2-4-6-10-16/h7-8,11-12,17H,2-6,9-10H2,1H3. The van der Waals surface area contributed by atoms with E-state index in [1.165, 1.54) is 37.8 Å². The number of aliphatic hydroxyl groups is 1. The minimum Gasteiger partial charge on any atom is -0.387 e. The van der Waals surface area contributed by atoms with Crippen LogP contribution in [0.1, 0.15) is 50.8 Å². The van der Waals surface area contributed by atoms with E-state index in [0.717, 1.165) is 18.8 Å². The van der Waals surface area contributed by atoms with Crippen molar-refractivity contribution in [3.8, 4) is 0 Å². The van der Waals surface area contributed by atoms with Gasteiger partial charge in [0.1, 0.15) is 0 Å². The van der Waals surface area contributed by atoms with Gasteiger partial charge in [0.25, 0.3) is 0 Å². The van der Waals surface area contributed by atoms with Gasteiger partial charge in [-0.2, -0.15) is 0 Å². The Labute approximate surface area is 103 Å². The number of pyridine rings is 1. The summed E-state index contributed by atoms with van der Waals surface area (Å²) in [6.07, 6.45) is 8.04. The number of anilines is 1. The third-order valence-electron chi connectivity index (χ3n) is 3.42. The van der Waals surface area contributed by atoms with Gasteiger partial charge in [-0.3, -0.25) is 4.98 Å². The minimum atomic E-state index is -0.476. The second-order valence-corrected chi connectivity index (χ2v) is 4.87. The Morgan fingerprint density at radius 3 is 2.29 bits per heavy atom. The first-order chi connectivity index (χ1) is 8.27. The minimum absolute atomic E-state index is 0.476. The van der Waals surface area contributed by atoms with Gasteiger partial charge in [-0.05, 0) is 31.9 Å². The molecule has 2 heterocycles. The van der Waals surface area contributed by atoms with Crippen molar-refractivity contribution in [1.29, 1.82) is 0 Å². The molecule has 0 saturated carbocycles. The molecule has 0 aromatic carbocycles. The van der Waals surface area contributed by atoms with Gasteiger partial charge in [-0.25, -0.2) is 0 Å².